The van der Waals surface area contributed by atoms with Crippen LogP contribution in [0, 0.1) is 11.6 Å². The molecule has 1 rings (SSSR count). The lowest BCUT2D eigenvalue weighted by Crippen LogP contribution is -1.95. The van der Waals surface area contributed by atoms with Crippen LogP contribution in [0.25, 0.3) is 10.4 Å². The molecule has 0 saturated carbocycles. The third-order valence-electron chi connectivity index (χ3n) is 1.48. The molecule has 0 amide bonds. The van der Waals surface area contributed by atoms with E-state index in [9.17, 15) is 8.78 Å². The Hall–Kier alpha value is -1.81. The van der Waals surface area contributed by atoms with Gasteiger partial charge in [-0.2, -0.15) is 0 Å². The van der Waals surface area contributed by atoms with Crippen molar-refractivity contribution < 1.29 is 13.5 Å². The highest BCUT2D eigenvalue weighted by Crippen LogP contribution is 2.29. The predicted molar refractivity (Wildman–Crippen MR) is 46.3 cm³/mol. The molecule has 0 atom stereocenters. The van der Waals surface area contributed by atoms with Crippen molar-refractivity contribution in [3.63, 3.8) is 0 Å². The number of hydrogen-bond donors (Lipinski definition) is 0. The quantitative estimate of drug-likeness (QED) is 0.418. The van der Waals surface area contributed by atoms with Crippen LogP contribution in [0.1, 0.15) is 6.92 Å². The van der Waals surface area contributed by atoms with Crippen molar-refractivity contribution in [2.24, 2.45) is 5.11 Å². The first-order valence-electron chi connectivity index (χ1n) is 3.86. The van der Waals surface area contributed by atoms with Crippen LogP contribution in [0.2, 0.25) is 0 Å². The molecule has 0 bridgehead atoms. The summed E-state index contributed by atoms with van der Waals surface area (Å²) in [4.78, 5) is 2.32. The van der Waals surface area contributed by atoms with E-state index in [-0.39, 0.29) is 12.4 Å². The van der Waals surface area contributed by atoms with Gasteiger partial charge < -0.3 is 4.74 Å². The highest BCUT2D eigenvalue weighted by molar-refractivity contribution is 5.46. The Morgan fingerprint density at radius 3 is 2.79 bits per heavy atom. The normalized spacial score (nSPS) is 9.36. The number of benzene rings is 1. The van der Waals surface area contributed by atoms with E-state index in [1.54, 1.807) is 6.92 Å². The first-order chi connectivity index (χ1) is 6.70. The minimum absolute atomic E-state index is 0.128. The van der Waals surface area contributed by atoms with Crippen molar-refractivity contribution in [2.75, 3.05) is 6.61 Å². The summed E-state index contributed by atoms with van der Waals surface area (Å²) >= 11 is 0. The second kappa shape index (κ2) is 4.43. The van der Waals surface area contributed by atoms with E-state index in [4.69, 9.17) is 10.3 Å². The van der Waals surface area contributed by atoms with Gasteiger partial charge in [0.1, 0.15) is 11.5 Å². The smallest absolute Gasteiger partial charge is 0.177 e. The maximum atomic E-state index is 13.3. The molecular formula is C8H7F2N3O. The largest absolute Gasteiger partial charge is 0.491 e. The van der Waals surface area contributed by atoms with E-state index in [2.05, 4.69) is 10.0 Å². The van der Waals surface area contributed by atoms with E-state index in [0.717, 1.165) is 12.1 Å². The number of ether oxygens (including phenoxy) is 1. The highest BCUT2D eigenvalue weighted by atomic mass is 19.1. The molecule has 6 heteroatoms. The highest BCUT2D eigenvalue weighted by Gasteiger charge is 2.12. The van der Waals surface area contributed by atoms with E-state index in [1.165, 1.54) is 0 Å². The first kappa shape index (κ1) is 10.3. The summed E-state index contributed by atoms with van der Waals surface area (Å²) in [5, 5.41) is 2.90. The number of hydrogen-bond acceptors (Lipinski definition) is 2. The van der Waals surface area contributed by atoms with Gasteiger partial charge in [-0.15, -0.1) is 0 Å². The van der Waals surface area contributed by atoms with E-state index >= 15 is 0 Å². The third-order valence-corrected chi connectivity index (χ3v) is 1.48. The molecule has 14 heavy (non-hydrogen) atoms. The van der Waals surface area contributed by atoms with Crippen molar-refractivity contribution in [3.05, 3.63) is 34.2 Å². The Morgan fingerprint density at radius 1 is 1.50 bits per heavy atom. The van der Waals surface area contributed by atoms with Crippen LogP contribution in [0.3, 0.4) is 0 Å². The SMILES string of the molecule is CCOc1ccc(F)c(N=[N+]=[N-])c1F. The Bertz CT molecular complexity index is 388. The van der Waals surface area contributed by atoms with E-state index < -0.39 is 17.3 Å². The molecule has 0 spiro atoms. The molecule has 0 aliphatic heterocycles. The number of rotatable bonds is 3. The fourth-order valence-electron chi connectivity index (χ4n) is 0.926. The molecule has 4 nitrogen and oxygen atoms in total. The van der Waals surface area contributed by atoms with E-state index in [1.807, 2.05) is 0 Å². The summed E-state index contributed by atoms with van der Waals surface area (Å²) in [6.45, 7) is 1.91. The molecular weight excluding hydrogens is 192 g/mol. The number of nitrogens with zero attached hydrogens (tertiary/aromatic N) is 3. The van der Waals surface area contributed by atoms with Crippen LogP contribution >= 0.6 is 0 Å². The van der Waals surface area contributed by atoms with Crippen LogP contribution in [-0.2, 0) is 0 Å². The van der Waals surface area contributed by atoms with Crippen molar-refractivity contribution in [1.82, 2.24) is 0 Å². The zero-order chi connectivity index (χ0) is 10.6. The molecule has 0 fully saturated rings. The number of azide groups is 1. The minimum atomic E-state index is -0.982. The van der Waals surface area contributed by atoms with Gasteiger partial charge in [0.15, 0.2) is 11.6 Å². The van der Waals surface area contributed by atoms with Gasteiger partial charge in [0.2, 0.25) is 0 Å². The van der Waals surface area contributed by atoms with Gasteiger partial charge >= 0.3 is 0 Å². The van der Waals surface area contributed by atoms with Crippen molar-refractivity contribution >= 4 is 5.69 Å². The Morgan fingerprint density at radius 2 is 2.21 bits per heavy atom. The Labute approximate surface area is 78.7 Å². The summed E-state index contributed by atoms with van der Waals surface area (Å²) in [6, 6.07) is 2.13. The first-order valence-corrected chi connectivity index (χ1v) is 3.86. The molecule has 0 saturated heterocycles. The molecule has 74 valence electrons. The van der Waals surface area contributed by atoms with Crippen LogP contribution in [0.4, 0.5) is 14.5 Å². The summed E-state index contributed by atoms with van der Waals surface area (Å²) in [5.41, 5.74) is 7.41. The molecule has 0 radical (unpaired) electrons. The van der Waals surface area contributed by atoms with Crippen molar-refractivity contribution in [2.45, 2.75) is 6.92 Å². The molecule has 1 aromatic carbocycles. The van der Waals surface area contributed by atoms with Crippen LogP contribution in [0.15, 0.2) is 17.2 Å². The van der Waals surface area contributed by atoms with Crippen LogP contribution < -0.4 is 4.74 Å². The molecule has 1 aromatic rings. The van der Waals surface area contributed by atoms with Crippen LogP contribution in [-0.4, -0.2) is 6.61 Å². The standard InChI is InChI=1S/C8H7F2N3O/c1-2-14-6-4-3-5(9)8(7(6)10)12-13-11/h3-4H,2H2,1H3. The van der Waals surface area contributed by atoms with Gasteiger partial charge in [-0.3, -0.25) is 0 Å². The van der Waals surface area contributed by atoms with Crippen LogP contribution in [0.5, 0.6) is 5.75 Å². The number of halogens is 2. The monoisotopic (exact) mass is 199 g/mol. The molecule has 0 heterocycles. The van der Waals surface area contributed by atoms with Gasteiger partial charge in [-0.1, -0.05) is 5.11 Å². The van der Waals surface area contributed by atoms with E-state index in [0.29, 0.717) is 0 Å². The van der Waals surface area contributed by atoms with Gasteiger partial charge in [-0.05, 0) is 24.6 Å². The third kappa shape index (κ3) is 1.92. The zero-order valence-corrected chi connectivity index (χ0v) is 7.37. The van der Waals surface area contributed by atoms with Gasteiger partial charge in [0, 0.05) is 4.91 Å². The maximum absolute atomic E-state index is 13.3. The lowest BCUT2D eigenvalue weighted by atomic mass is 10.3. The lowest BCUT2D eigenvalue weighted by molar-refractivity contribution is 0.321. The van der Waals surface area contributed by atoms with Gasteiger partial charge in [-0.25, -0.2) is 8.78 Å². The summed E-state index contributed by atoms with van der Waals surface area (Å²) < 4.78 is 31.0. The van der Waals surface area contributed by atoms with Gasteiger partial charge in [0.25, 0.3) is 0 Å². The zero-order valence-electron chi connectivity index (χ0n) is 7.37. The summed E-state index contributed by atoms with van der Waals surface area (Å²) in [6.07, 6.45) is 0. The second-order valence-corrected chi connectivity index (χ2v) is 2.33. The molecule has 0 unspecified atom stereocenters. The fraction of sp³-hybridized carbons (Fsp3) is 0.250. The average Bonchev–Trinajstić information content (AvgIpc) is 2.17. The molecule has 0 aliphatic carbocycles. The van der Waals surface area contributed by atoms with Crippen molar-refractivity contribution in [1.29, 1.82) is 0 Å². The van der Waals surface area contributed by atoms with Gasteiger partial charge in [0.05, 0.1) is 6.61 Å². The Kier molecular flexibility index (Phi) is 3.25. The molecule has 0 N–H and O–H groups in total. The summed E-state index contributed by atoms with van der Waals surface area (Å²) in [5.74, 6) is -2.02. The maximum Gasteiger partial charge on any atom is 0.177 e. The van der Waals surface area contributed by atoms with Crippen molar-refractivity contribution in [3.8, 4) is 5.75 Å². The minimum Gasteiger partial charge on any atom is -0.491 e. The second-order valence-electron chi connectivity index (χ2n) is 2.33. The fourth-order valence-corrected chi connectivity index (χ4v) is 0.926. The predicted octanol–water partition coefficient (Wildman–Crippen LogP) is 3.31. The molecule has 0 aromatic heterocycles. The molecule has 0 aliphatic rings. The average molecular weight is 199 g/mol. The topological polar surface area (TPSA) is 58.0 Å². The lowest BCUT2D eigenvalue weighted by Gasteiger charge is -2.05. The summed E-state index contributed by atoms with van der Waals surface area (Å²) in [7, 11) is 0. The Balaban J connectivity index is 3.25.